The van der Waals surface area contributed by atoms with Crippen molar-refractivity contribution in [1.82, 2.24) is 4.98 Å². The molecule has 0 fully saturated rings. The standard InChI is InChI=1S/C23H31NOS2/c1-21(2,3)20-8-16(13-27-20)10-22(4,5)17-9-18(26-14-17)11-23(6,7)19-12-24-15-25-19/h8-9,12-15H,10-11H2,1-7H3. The second kappa shape index (κ2) is 7.21. The zero-order valence-electron chi connectivity index (χ0n) is 17.6. The Bertz CT molecular complexity index is 876. The summed E-state index contributed by atoms with van der Waals surface area (Å²) in [6, 6.07) is 4.78. The summed E-state index contributed by atoms with van der Waals surface area (Å²) in [5.74, 6) is 0.949. The Morgan fingerprint density at radius 1 is 0.889 bits per heavy atom. The molecule has 2 nitrogen and oxygen atoms in total. The molecule has 0 saturated heterocycles. The van der Waals surface area contributed by atoms with Gasteiger partial charge in [-0.1, -0.05) is 48.5 Å². The highest BCUT2D eigenvalue weighted by atomic mass is 32.1. The lowest BCUT2D eigenvalue weighted by atomic mass is 9.80. The topological polar surface area (TPSA) is 26.0 Å². The van der Waals surface area contributed by atoms with Gasteiger partial charge < -0.3 is 4.42 Å². The van der Waals surface area contributed by atoms with Gasteiger partial charge in [0, 0.05) is 15.2 Å². The van der Waals surface area contributed by atoms with Crippen LogP contribution in [0.5, 0.6) is 0 Å². The Hall–Kier alpha value is -1.39. The largest absolute Gasteiger partial charge is 0.448 e. The molecule has 0 aromatic carbocycles. The van der Waals surface area contributed by atoms with Crippen molar-refractivity contribution >= 4 is 22.7 Å². The molecule has 4 heteroatoms. The first-order valence-electron chi connectivity index (χ1n) is 9.52. The summed E-state index contributed by atoms with van der Waals surface area (Å²) in [5.41, 5.74) is 3.19. The summed E-state index contributed by atoms with van der Waals surface area (Å²) in [7, 11) is 0. The van der Waals surface area contributed by atoms with E-state index < -0.39 is 0 Å². The van der Waals surface area contributed by atoms with E-state index in [-0.39, 0.29) is 16.2 Å². The molecule has 0 spiro atoms. The van der Waals surface area contributed by atoms with Crippen molar-refractivity contribution in [2.45, 2.75) is 77.6 Å². The molecule has 27 heavy (non-hydrogen) atoms. The molecule has 0 atom stereocenters. The first kappa shape index (κ1) is 20.3. The van der Waals surface area contributed by atoms with Crippen molar-refractivity contribution in [3.05, 3.63) is 62.1 Å². The van der Waals surface area contributed by atoms with Crippen molar-refractivity contribution in [2.24, 2.45) is 0 Å². The van der Waals surface area contributed by atoms with Crippen LogP contribution in [0.2, 0.25) is 0 Å². The van der Waals surface area contributed by atoms with E-state index in [4.69, 9.17) is 4.42 Å². The van der Waals surface area contributed by atoms with Gasteiger partial charge in [-0.3, -0.25) is 0 Å². The first-order chi connectivity index (χ1) is 12.5. The van der Waals surface area contributed by atoms with Gasteiger partial charge in [0.25, 0.3) is 0 Å². The van der Waals surface area contributed by atoms with Gasteiger partial charge in [0.05, 0.1) is 6.20 Å². The molecule has 3 aromatic rings. The van der Waals surface area contributed by atoms with Crippen LogP contribution in [0.15, 0.2) is 39.9 Å². The van der Waals surface area contributed by atoms with E-state index in [2.05, 4.69) is 76.3 Å². The van der Waals surface area contributed by atoms with Gasteiger partial charge in [-0.15, -0.1) is 22.7 Å². The predicted octanol–water partition coefficient (Wildman–Crippen LogP) is 7.14. The maximum Gasteiger partial charge on any atom is 0.180 e. The minimum atomic E-state index is -0.0439. The fraction of sp³-hybridized carbons (Fsp3) is 0.522. The Balaban J connectivity index is 1.73. The van der Waals surface area contributed by atoms with Gasteiger partial charge in [-0.05, 0) is 57.7 Å². The predicted molar refractivity (Wildman–Crippen MR) is 117 cm³/mol. The van der Waals surface area contributed by atoms with Crippen LogP contribution in [0.1, 0.15) is 75.1 Å². The molecule has 3 aromatic heterocycles. The first-order valence-corrected chi connectivity index (χ1v) is 11.3. The molecule has 0 saturated carbocycles. The highest BCUT2D eigenvalue weighted by molar-refractivity contribution is 7.10. The van der Waals surface area contributed by atoms with Crippen LogP contribution in [-0.4, -0.2) is 4.98 Å². The fourth-order valence-electron chi connectivity index (χ4n) is 3.37. The quantitative estimate of drug-likeness (QED) is 0.439. The van der Waals surface area contributed by atoms with E-state index in [9.17, 15) is 0 Å². The summed E-state index contributed by atoms with van der Waals surface area (Å²) < 4.78 is 5.55. The zero-order valence-corrected chi connectivity index (χ0v) is 19.2. The molecule has 3 rings (SSSR count). The van der Waals surface area contributed by atoms with Crippen LogP contribution in [0, 0.1) is 0 Å². The van der Waals surface area contributed by atoms with Crippen molar-refractivity contribution in [1.29, 1.82) is 0 Å². The van der Waals surface area contributed by atoms with E-state index >= 15 is 0 Å². The summed E-state index contributed by atoms with van der Waals surface area (Å²) in [6.07, 6.45) is 5.39. The Morgan fingerprint density at radius 3 is 2.22 bits per heavy atom. The number of rotatable bonds is 6. The maximum atomic E-state index is 5.55. The lowest BCUT2D eigenvalue weighted by Gasteiger charge is -2.24. The second-order valence-corrected chi connectivity index (χ2v) is 11.8. The lowest BCUT2D eigenvalue weighted by molar-refractivity contribution is 0.383. The number of nitrogens with zero attached hydrogens (tertiary/aromatic N) is 1. The van der Waals surface area contributed by atoms with Gasteiger partial charge in [0.15, 0.2) is 6.39 Å². The van der Waals surface area contributed by atoms with Crippen LogP contribution >= 0.6 is 22.7 Å². The molecule has 0 aliphatic carbocycles. The van der Waals surface area contributed by atoms with Gasteiger partial charge in [-0.2, -0.15) is 0 Å². The monoisotopic (exact) mass is 401 g/mol. The number of hydrogen-bond acceptors (Lipinski definition) is 4. The molecule has 0 unspecified atom stereocenters. The van der Waals surface area contributed by atoms with E-state index in [0.29, 0.717) is 0 Å². The highest BCUT2D eigenvalue weighted by Crippen LogP contribution is 2.37. The Morgan fingerprint density at radius 2 is 1.63 bits per heavy atom. The smallest absolute Gasteiger partial charge is 0.180 e. The third kappa shape index (κ3) is 4.72. The number of thiophene rings is 2. The average Bonchev–Trinajstić information content (AvgIpc) is 3.27. The summed E-state index contributed by atoms with van der Waals surface area (Å²) in [4.78, 5) is 6.95. The third-order valence-electron chi connectivity index (χ3n) is 5.19. The van der Waals surface area contributed by atoms with Gasteiger partial charge >= 0.3 is 0 Å². The van der Waals surface area contributed by atoms with Crippen molar-refractivity contribution in [3.63, 3.8) is 0 Å². The van der Waals surface area contributed by atoms with Gasteiger partial charge in [0.2, 0.25) is 0 Å². The average molecular weight is 402 g/mol. The van der Waals surface area contributed by atoms with Crippen LogP contribution in [0.3, 0.4) is 0 Å². The number of hydrogen-bond donors (Lipinski definition) is 0. The molecule has 146 valence electrons. The second-order valence-electron chi connectivity index (χ2n) is 9.86. The number of oxazole rings is 1. The van der Waals surface area contributed by atoms with Crippen LogP contribution in [-0.2, 0) is 29.1 Å². The molecular formula is C23H31NOS2. The molecule has 0 radical (unpaired) electrons. The normalized spacial score (nSPS) is 13.3. The minimum absolute atomic E-state index is 0.0439. The molecule has 3 heterocycles. The molecule has 0 amide bonds. The summed E-state index contributed by atoms with van der Waals surface area (Å²) >= 11 is 3.75. The zero-order chi connectivity index (χ0) is 19.9. The Kier molecular flexibility index (Phi) is 5.44. The molecule has 0 aliphatic rings. The van der Waals surface area contributed by atoms with Gasteiger partial charge in [0.1, 0.15) is 5.76 Å². The summed E-state index contributed by atoms with van der Waals surface area (Å²) in [6.45, 7) is 16.0. The number of aromatic nitrogens is 1. The lowest BCUT2D eigenvalue weighted by Crippen LogP contribution is -2.20. The maximum absolute atomic E-state index is 5.55. The Labute approximate surface area is 171 Å². The van der Waals surface area contributed by atoms with E-state index in [1.807, 2.05) is 28.9 Å². The van der Waals surface area contributed by atoms with E-state index in [1.165, 1.54) is 27.3 Å². The molecular weight excluding hydrogens is 370 g/mol. The van der Waals surface area contributed by atoms with Gasteiger partial charge in [-0.25, -0.2) is 4.98 Å². The fourth-order valence-corrected chi connectivity index (χ4v) is 5.68. The minimum Gasteiger partial charge on any atom is -0.448 e. The van der Waals surface area contributed by atoms with Crippen LogP contribution < -0.4 is 0 Å². The molecule has 0 bridgehead atoms. The molecule has 0 aliphatic heterocycles. The van der Waals surface area contributed by atoms with Crippen LogP contribution in [0.25, 0.3) is 0 Å². The van der Waals surface area contributed by atoms with Crippen LogP contribution in [0.4, 0.5) is 0 Å². The molecule has 0 N–H and O–H groups in total. The SMILES string of the molecule is CC(C)(C)c1cc(CC(C)(C)c2csc(CC(C)(C)c3cnco3)c2)cs1. The van der Waals surface area contributed by atoms with Crippen molar-refractivity contribution in [2.75, 3.05) is 0 Å². The van der Waals surface area contributed by atoms with E-state index in [1.54, 1.807) is 0 Å². The summed E-state index contributed by atoms with van der Waals surface area (Å²) in [5, 5.41) is 4.67. The van der Waals surface area contributed by atoms with Crippen molar-refractivity contribution in [3.8, 4) is 0 Å². The van der Waals surface area contributed by atoms with Crippen molar-refractivity contribution < 1.29 is 4.42 Å². The van der Waals surface area contributed by atoms with E-state index in [0.717, 1.165) is 18.6 Å². The highest BCUT2D eigenvalue weighted by Gasteiger charge is 2.28. The third-order valence-corrected chi connectivity index (χ3v) is 7.53.